The third kappa shape index (κ3) is 3.69. The molecule has 0 spiro atoms. The van der Waals surface area contributed by atoms with Gasteiger partial charge in [-0.1, -0.05) is 11.6 Å². The molecule has 1 heterocycles. The van der Waals surface area contributed by atoms with E-state index < -0.39 is 22.7 Å². The quantitative estimate of drug-likeness (QED) is 0.919. The normalized spacial score (nSPS) is 11.3. The summed E-state index contributed by atoms with van der Waals surface area (Å²) in [7, 11) is 0. The number of benzene rings is 1. The molecule has 0 aliphatic rings. The summed E-state index contributed by atoms with van der Waals surface area (Å²) < 4.78 is 38.2. The Balaban J connectivity index is 2.26. The van der Waals surface area contributed by atoms with Gasteiger partial charge in [0.15, 0.2) is 0 Å². The van der Waals surface area contributed by atoms with Crippen LogP contribution in [-0.4, -0.2) is 15.9 Å². The lowest BCUT2D eigenvalue weighted by Crippen LogP contribution is -2.15. The summed E-state index contributed by atoms with van der Waals surface area (Å²) in [6.45, 7) is 1.60. The van der Waals surface area contributed by atoms with Gasteiger partial charge in [0.2, 0.25) is 0 Å². The number of nitrogens with one attached hydrogen (secondary N) is 1. The summed E-state index contributed by atoms with van der Waals surface area (Å²) in [6, 6.07) is 4.49. The highest BCUT2D eigenvalue weighted by atomic mass is 35.5. The number of hydrogen-bond donors (Lipinski definition) is 1. The van der Waals surface area contributed by atoms with E-state index in [0.717, 1.165) is 12.1 Å². The summed E-state index contributed by atoms with van der Waals surface area (Å²) in [6.07, 6.45) is -3.20. The maximum Gasteiger partial charge on any atom is 0.417 e. The number of anilines is 1. The molecular formula is C13H9ClF3N3O. The fraction of sp³-hybridized carbons (Fsp3) is 0.154. The molecule has 0 aliphatic carbocycles. The van der Waals surface area contributed by atoms with E-state index in [4.69, 9.17) is 11.6 Å². The molecule has 2 aromatic rings. The molecule has 0 fully saturated rings. The number of carbonyl (C=O) groups is 1. The molecule has 0 aliphatic heterocycles. The Labute approximate surface area is 123 Å². The van der Waals surface area contributed by atoms with Gasteiger partial charge in [-0.2, -0.15) is 13.2 Å². The summed E-state index contributed by atoms with van der Waals surface area (Å²) in [5.41, 5.74) is -0.972. The molecule has 8 heteroatoms. The SMILES string of the molecule is Cc1nccc(C(=O)Nc2ccc(Cl)c(C(F)(F)F)c2)n1. The molecule has 110 valence electrons. The van der Waals surface area contributed by atoms with E-state index >= 15 is 0 Å². The predicted molar refractivity (Wildman–Crippen MR) is 71.2 cm³/mol. The van der Waals surface area contributed by atoms with Crippen molar-refractivity contribution >= 4 is 23.2 Å². The molecule has 0 saturated carbocycles. The second kappa shape index (κ2) is 5.69. The molecular weight excluding hydrogens is 307 g/mol. The van der Waals surface area contributed by atoms with Crippen LogP contribution in [0.3, 0.4) is 0 Å². The number of nitrogens with zero attached hydrogens (tertiary/aromatic N) is 2. The predicted octanol–water partition coefficient (Wildman–Crippen LogP) is 3.71. The van der Waals surface area contributed by atoms with Crippen LogP contribution in [0.5, 0.6) is 0 Å². The molecule has 0 saturated heterocycles. The monoisotopic (exact) mass is 315 g/mol. The van der Waals surface area contributed by atoms with Crippen molar-refractivity contribution in [2.45, 2.75) is 13.1 Å². The molecule has 1 amide bonds. The fourth-order valence-corrected chi connectivity index (χ4v) is 1.82. The zero-order valence-corrected chi connectivity index (χ0v) is 11.5. The van der Waals surface area contributed by atoms with Crippen molar-refractivity contribution in [3.8, 4) is 0 Å². The first-order chi connectivity index (χ1) is 9.77. The van der Waals surface area contributed by atoms with Gasteiger partial charge in [-0.05, 0) is 31.2 Å². The first-order valence-corrected chi connectivity index (χ1v) is 6.13. The van der Waals surface area contributed by atoms with Gasteiger partial charge in [0.05, 0.1) is 10.6 Å². The number of carbonyl (C=O) groups excluding carboxylic acids is 1. The lowest BCUT2D eigenvalue weighted by atomic mass is 10.2. The first kappa shape index (κ1) is 15.2. The average molecular weight is 316 g/mol. The number of rotatable bonds is 2. The van der Waals surface area contributed by atoms with Gasteiger partial charge < -0.3 is 5.32 Å². The minimum Gasteiger partial charge on any atom is -0.321 e. The van der Waals surface area contributed by atoms with Gasteiger partial charge in [0, 0.05) is 11.9 Å². The van der Waals surface area contributed by atoms with Crippen molar-refractivity contribution < 1.29 is 18.0 Å². The Morgan fingerprint density at radius 3 is 2.62 bits per heavy atom. The van der Waals surface area contributed by atoms with Crippen molar-refractivity contribution in [1.29, 1.82) is 0 Å². The van der Waals surface area contributed by atoms with Gasteiger partial charge in [-0.15, -0.1) is 0 Å². The van der Waals surface area contributed by atoms with E-state index in [-0.39, 0.29) is 11.4 Å². The van der Waals surface area contributed by atoms with Crippen LogP contribution in [0.1, 0.15) is 21.9 Å². The number of aryl methyl sites for hydroxylation is 1. The third-order valence-electron chi connectivity index (χ3n) is 2.54. The second-order valence-electron chi connectivity index (χ2n) is 4.14. The number of aromatic nitrogens is 2. The first-order valence-electron chi connectivity index (χ1n) is 5.75. The largest absolute Gasteiger partial charge is 0.417 e. The Hall–Kier alpha value is -2.15. The van der Waals surface area contributed by atoms with Crippen LogP contribution in [0.15, 0.2) is 30.5 Å². The molecule has 2 rings (SSSR count). The van der Waals surface area contributed by atoms with Crippen LogP contribution >= 0.6 is 11.6 Å². The van der Waals surface area contributed by atoms with Crippen LogP contribution in [-0.2, 0) is 6.18 Å². The number of halogens is 4. The molecule has 0 radical (unpaired) electrons. The molecule has 21 heavy (non-hydrogen) atoms. The van der Waals surface area contributed by atoms with Crippen LogP contribution in [0.4, 0.5) is 18.9 Å². The van der Waals surface area contributed by atoms with E-state index in [2.05, 4.69) is 15.3 Å². The van der Waals surface area contributed by atoms with Crippen LogP contribution in [0, 0.1) is 6.92 Å². The Morgan fingerprint density at radius 2 is 2.00 bits per heavy atom. The standard InChI is InChI=1S/C13H9ClF3N3O/c1-7-18-5-4-11(19-7)12(21)20-8-2-3-10(14)9(6-8)13(15,16)17/h2-6H,1H3,(H,20,21). The maximum atomic E-state index is 12.7. The lowest BCUT2D eigenvalue weighted by Gasteiger charge is -2.11. The Bertz CT molecular complexity index is 689. The number of hydrogen-bond acceptors (Lipinski definition) is 3. The van der Waals surface area contributed by atoms with Crippen LogP contribution in [0.2, 0.25) is 5.02 Å². The highest BCUT2D eigenvalue weighted by Gasteiger charge is 2.33. The zero-order chi connectivity index (χ0) is 15.6. The lowest BCUT2D eigenvalue weighted by molar-refractivity contribution is -0.137. The van der Waals surface area contributed by atoms with Crippen molar-refractivity contribution in [2.75, 3.05) is 5.32 Å². The highest BCUT2D eigenvalue weighted by Crippen LogP contribution is 2.36. The number of alkyl halides is 3. The minimum atomic E-state index is -4.59. The van der Waals surface area contributed by atoms with Gasteiger partial charge in [0.1, 0.15) is 11.5 Å². The molecule has 0 atom stereocenters. The molecule has 1 N–H and O–H groups in total. The summed E-state index contributed by atoms with van der Waals surface area (Å²) in [5.74, 6) is -0.245. The minimum absolute atomic E-state index is 0.0204. The number of amides is 1. The molecule has 1 aromatic carbocycles. The highest BCUT2D eigenvalue weighted by molar-refractivity contribution is 6.31. The molecule has 0 bridgehead atoms. The Morgan fingerprint density at radius 1 is 1.29 bits per heavy atom. The Kier molecular flexibility index (Phi) is 4.13. The zero-order valence-electron chi connectivity index (χ0n) is 10.7. The van der Waals surface area contributed by atoms with E-state index in [1.165, 1.54) is 18.3 Å². The van der Waals surface area contributed by atoms with Crippen LogP contribution < -0.4 is 5.32 Å². The molecule has 4 nitrogen and oxygen atoms in total. The van der Waals surface area contributed by atoms with Crippen molar-refractivity contribution in [3.63, 3.8) is 0 Å². The van der Waals surface area contributed by atoms with Crippen molar-refractivity contribution in [2.24, 2.45) is 0 Å². The fourth-order valence-electron chi connectivity index (χ4n) is 1.60. The topological polar surface area (TPSA) is 54.9 Å². The van der Waals surface area contributed by atoms with Crippen molar-refractivity contribution in [1.82, 2.24) is 9.97 Å². The maximum absolute atomic E-state index is 12.7. The van der Waals surface area contributed by atoms with E-state index in [0.29, 0.717) is 5.82 Å². The smallest absolute Gasteiger partial charge is 0.321 e. The van der Waals surface area contributed by atoms with E-state index in [1.54, 1.807) is 6.92 Å². The summed E-state index contributed by atoms with van der Waals surface area (Å²) in [4.78, 5) is 19.6. The third-order valence-corrected chi connectivity index (χ3v) is 2.87. The van der Waals surface area contributed by atoms with Crippen LogP contribution in [0.25, 0.3) is 0 Å². The molecule has 0 unspecified atom stereocenters. The molecule has 1 aromatic heterocycles. The summed E-state index contributed by atoms with van der Waals surface area (Å²) in [5, 5.41) is 1.91. The summed E-state index contributed by atoms with van der Waals surface area (Å²) >= 11 is 5.50. The van der Waals surface area contributed by atoms with Gasteiger partial charge in [-0.25, -0.2) is 9.97 Å². The van der Waals surface area contributed by atoms with E-state index in [9.17, 15) is 18.0 Å². The average Bonchev–Trinajstić information content (AvgIpc) is 2.39. The second-order valence-corrected chi connectivity index (χ2v) is 4.54. The van der Waals surface area contributed by atoms with Gasteiger partial charge >= 0.3 is 6.18 Å². The van der Waals surface area contributed by atoms with Crippen molar-refractivity contribution in [3.05, 3.63) is 52.6 Å². The van der Waals surface area contributed by atoms with Gasteiger partial charge in [0.25, 0.3) is 5.91 Å². The van der Waals surface area contributed by atoms with Gasteiger partial charge in [-0.3, -0.25) is 4.79 Å². The van der Waals surface area contributed by atoms with E-state index in [1.807, 2.05) is 0 Å².